The fraction of sp³-hybridized carbons (Fsp3) is 0.167. The molecule has 0 saturated heterocycles. The molecule has 3 aromatic heterocycles. The summed E-state index contributed by atoms with van der Waals surface area (Å²) in [6, 6.07) is 6.33. The maximum absolute atomic E-state index is 12.4. The Hall–Kier alpha value is -2.85. The summed E-state index contributed by atoms with van der Waals surface area (Å²) in [5, 5.41) is 4.51. The van der Waals surface area contributed by atoms with Crippen LogP contribution in [0.25, 0.3) is 11.3 Å². The number of amides is 1. The Morgan fingerprint density at radius 2 is 2.00 bits per heavy atom. The fourth-order valence-electron chi connectivity index (χ4n) is 2.26. The molecular formula is C18H14BrNO7S. The molecular weight excluding hydrogens is 454 g/mol. The van der Waals surface area contributed by atoms with Crippen molar-refractivity contribution in [2.45, 2.75) is 6.92 Å². The molecule has 8 nitrogen and oxygen atoms in total. The SMILES string of the molecule is CCOC(=O)c1c(-c2ccco2)csc1NC(=O)COC(=O)c1ccc(Br)o1. The first-order valence-corrected chi connectivity index (χ1v) is 9.71. The van der Waals surface area contributed by atoms with Crippen molar-refractivity contribution in [3.8, 4) is 11.3 Å². The Kier molecular flexibility index (Phi) is 6.32. The summed E-state index contributed by atoms with van der Waals surface area (Å²) in [5.41, 5.74) is 0.678. The van der Waals surface area contributed by atoms with Gasteiger partial charge in [0, 0.05) is 10.9 Å². The van der Waals surface area contributed by atoms with Crippen LogP contribution in [-0.2, 0) is 14.3 Å². The van der Waals surface area contributed by atoms with Crippen LogP contribution in [0.15, 0.2) is 49.4 Å². The van der Waals surface area contributed by atoms with Crippen LogP contribution in [0.1, 0.15) is 27.8 Å². The Bertz CT molecular complexity index is 990. The molecule has 0 spiro atoms. The first kappa shape index (κ1) is 19.9. The van der Waals surface area contributed by atoms with Crippen LogP contribution in [0.2, 0.25) is 0 Å². The maximum Gasteiger partial charge on any atom is 0.374 e. The summed E-state index contributed by atoms with van der Waals surface area (Å²) in [6.07, 6.45) is 1.48. The monoisotopic (exact) mass is 467 g/mol. The summed E-state index contributed by atoms with van der Waals surface area (Å²) in [7, 11) is 0. The van der Waals surface area contributed by atoms with Gasteiger partial charge in [0.25, 0.3) is 5.91 Å². The average Bonchev–Trinajstić information content (AvgIpc) is 3.40. The number of thiophene rings is 1. The maximum atomic E-state index is 12.4. The summed E-state index contributed by atoms with van der Waals surface area (Å²) < 4.78 is 20.8. The smallest absolute Gasteiger partial charge is 0.374 e. The van der Waals surface area contributed by atoms with E-state index in [-0.39, 0.29) is 22.9 Å². The molecule has 0 radical (unpaired) electrons. The molecule has 0 fully saturated rings. The second-order valence-corrected chi connectivity index (χ2v) is 6.94. The van der Waals surface area contributed by atoms with Gasteiger partial charge in [-0.1, -0.05) is 0 Å². The number of halogens is 1. The minimum Gasteiger partial charge on any atom is -0.464 e. The second kappa shape index (κ2) is 8.89. The number of furan rings is 2. The molecule has 0 aliphatic rings. The number of hydrogen-bond acceptors (Lipinski definition) is 8. The Balaban J connectivity index is 1.71. The lowest BCUT2D eigenvalue weighted by molar-refractivity contribution is -0.119. The van der Waals surface area contributed by atoms with Crippen molar-refractivity contribution in [3.63, 3.8) is 0 Å². The lowest BCUT2D eigenvalue weighted by atomic mass is 10.1. The van der Waals surface area contributed by atoms with Gasteiger partial charge in [-0.3, -0.25) is 4.79 Å². The zero-order valence-electron chi connectivity index (χ0n) is 14.5. The van der Waals surface area contributed by atoms with Crippen molar-refractivity contribution >= 4 is 50.1 Å². The third-order valence-corrected chi connectivity index (χ3v) is 4.74. The van der Waals surface area contributed by atoms with Gasteiger partial charge in [0.15, 0.2) is 11.3 Å². The van der Waals surface area contributed by atoms with E-state index < -0.39 is 24.5 Å². The molecule has 0 aliphatic carbocycles. The van der Waals surface area contributed by atoms with Gasteiger partial charge in [-0.25, -0.2) is 9.59 Å². The number of carbonyl (C=O) groups is 3. The standard InChI is InChI=1S/C18H14BrNO7S/c1-2-24-18(23)15-10(11-4-3-7-25-11)9-28-16(15)20-14(21)8-26-17(22)12-5-6-13(19)27-12/h3-7,9H,2,8H2,1H3,(H,20,21). The predicted molar refractivity (Wildman–Crippen MR) is 103 cm³/mol. The number of hydrogen-bond donors (Lipinski definition) is 1. The van der Waals surface area contributed by atoms with Gasteiger partial charge in [0.1, 0.15) is 16.3 Å². The van der Waals surface area contributed by atoms with E-state index in [1.54, 1.807) is 24.4 Å². The normalized spacial score (nSPS) is 10.5. The van der Waals surface area contributed by atoms with Crippen LogP contribution in [0, 0.1) is 0 Å². The lowest BCUT2D eigenvalue weighted by Crippen LogP contribution is -2.21. The van der Waals surface area contributed by atoms with Gasteiger partial charge >= 0.3 is 11.9 Å². The van der Waals surface area contributed by atoms with E-state index in [2.05, 4.69) is 21.2 Å². The third-order valence-electron chi connectivity index (χ3n) is 3.42. The molecule has 1 N–H and O–H groups in total. The molecule has 1 amide bonds. The molecule has 3 aromatic rings. The minimum absolute atomic E-state index is 0.0388. The van der Waals surface area contributed by atoms with E-state index in [1.807, 2.05) is 0 Å². The molecule has 28 heavy (non-hydrogen) atoms. The topological polar surface area (TPSA) is 108 Å². The molecule has 0 unspecified atom stereocenters. The molecule has 3 heterocycles. The Morgan fingerprint density at radius 3 is 2.64 bits per heavy atom. The van der Waals surface area contributed by atoms with Crippen LogP contribution in [-0.4, -0.2) is 31.1 Å². The van der Waals surface area contributed by atoms with E-state index >= 15 is 0 Å². The number of anilines is 1. The van der Waals surface area contributed by atoms with Crippen LogP contribution in [0.4, 0.5) is 5.00 Å². The number of nitrogens with one attached hydrogen (secondary N) is 1. The fourth-order valence-corrected chi connectivity index (χ4v) is 3.52. The summed E-state index contributed by atoms with van der Waals surface area (Å²) in [6.45, 7) is 1.31. The highest BCUT2D eigenvalue weighted by Gasteiger charge is 2.24. The third kappa shape index (κ3) is 4.52. The lowest BCUT2D eigenvalue weighted by Gasteiger charge is -2.08. The summed E-state index contributed by atoms with van der Waals surface area (Å²) in [4.78, 5) is 36.4. The van der Waals surface area contributed by atoms with E-state index in [9.17, 15) is 14.4 Å². The second-order valence-electron chi connectivity index (χ2n) is 5.28. The van der Waals surface area contributed by atoms with Gasteiger partial charge in [-0.05, 0) is 47.1 Å². The van der Waals surface area contributed by atoms with Crippen molar-refractivity contribution in [3.05, 3.63) is 51.9 Å². The van der Waals surface area contributed by atoms with Crippen LogP contribution >= 0.6 is 27.3 Å². The summed E-state index contributed by atoms with van der Waals surface area (Å²) >= 11 is 4.21. The minimum atomic E-state index is -0.783. The first-order valence-electron chi connectivity index (χ1n) is 8.04. The number of esters is 2. The van der Waals surface area contributed by atoms with Crippen LogP contribution < -0.4 is 5.32 Å². The Morgan fingerprint density at radius 1 is 1.18 bits per heavy atom. The van der Waals surface area contributed by atoms with Gasteiger partial charge in [0.05, 0.1) is 12.9 Å². The van der Waals surface area contributed by atoms with E-state index in [0.29, 0.717) is 16.0 Å². The Labute approximate surface area is 171 Å². The highest BCUT2D eigenvalue weighted by molar-refractivity contribution is 9.10. The summed E-state index contributed by atoms with van der Waals surface area (Å²) in [5.74, 6) is -1.56. The molecule has 0 saturated carbocycles. The molecule has 0 aromatic carbocycles. The number of ether oxygens (including phenoxy) is 2. The van der Waals surface area contributed by atoms with Crippen molar-refractivity contribution < 1.29 is 32.7 Å². The number of rotatable bonds is 7. The highest BCUT2D eigenvalue weighted by Crippen LogP contribution is 2.36. The first-order chi connectivity index (χ1) is 13.5. The molecule has 0 aliphatic heterocycles. The van der Waals surface area contributed by atoms with E-state index in [0.717, 1.165) is 11.3 Å². The van der Waals surface area contributed by atoms with Gasteiger partial charge in [-0.2, -0.15) is 0 Å². The van der Waals surface area contributed by atoms with Crippen molar-refractivity contribution in [1.82, 2.24) is 0 Å². The zero-order chi connectivity index (χ0) is 20.1. The zero-order valence-corrected chi connectivity index (χ0v) is 16.9. The average molecular weight is 468 g/mol. The molecule has 3 rings (SSSR count). The molecule has 146 valence electrons. The highest BCUT2D eigenvalue weighted by atomic mass is 79.9. The molecule has 0 bridgehead atoms. The van der Waals surface area contributed by atoms with Crippen molar-refractivity contribution in [2.75, 3.05) is 18.5 Å². The van der Waals surface area contributed by atoms with Gasteiger partial charge in [-0.15, -0.1) is 11.3 Å². The molecule has 10 heteroatoms. The quantitative estimate of drug-likeness (QED) is 0.514. The number of carbonyl (C=O) groups excluding carboxylic acids is 3. The van der Waals surface area contributed by atoms with Gasteiger partial charge < -0.3 is 23.6 Å². The van der Waals surface area contributed by atoms with Crippen molar-refractivity contribution in [2.24, 2.45) is 0 Å². The van der Waals surface area contributed by atoms with E-state index in [4.69, 9.17) is 18.3 Å². The van der Waals surface area contributed by atoms with Crippen LogP contribution in [0.3, 0.4) is 0 Å². The molecule has 0 atom stereocenters. The van der Waals surface area contributed by atoms with E-state index in [1.165, 1.54) is 18.4 Å². The predicted octanol–water partition coefficient (Wildman–Crippen LogP) is 4.34. The van der Waals surface area contributed by atoms with Crippen molar-refractivity contribution in [1.29, 1.82) is 0 Å². The van der Waals surface area contributed by atoms with Crippen LogP contribution in [0.5, 0.6) is 0 Å². The van der Waals surface area contributed by atoms with Gasteiger partial charge in [0.2, 0.25) is 5.76 Å². The largest absolute Gasteiger partial charge is 0.464 e.